The molecule has 0 saturated heterocycles. The third-order valence-corrected chi connectivity index (χ3v) is 1.21. The molecule has 0 spiro atoms. The average molecular weight is 111 g/mol. The Kier molecular flexibility index (Phi) is 1.33. The molecule has 0 saturated carbocycles. The highest BCUT2D eigenvalue weighted by Gasteiger charge is 2.06. The molecular formula is C6H9NO. The number of carbonyl (C=O) groups is 1. The van der Waals surface area contributed by atoms with Gasteiger partial charge in [-0.1, -0.05) is 6.92 Å². The molecule has 0 unspecified atom stereocenters. The number of allylic oxidation sites excluding steroid dienone is 1. The van der Waals surface area contributed by atoms with Crippen molar-refractivity contribution in [1.82, 2.24) is 5.32 Å². The molecule has 0 aromatic carbocycles. The third-order valence-electron chi connectivity index (χ3n) is 1.21. The van der Waals surface area contributed by atoms with E-state index in [1.54, 1.807) is 6.08 Å². The Morgan fingerprint density at radius 2 is 2.62 bits per heavy atom. The topological polar surface area (TPSA) is 29.1 Å². The molecule has 44 valence electrons. The van der Waals surface area contributed by atoms with Gasteiger partial charge in [-0.05, 0) is 6.42 Å². The van der Waals surface area contributed by atoms with E-state index in [2.05, 4.69) is 5.32 Å². The zero-order valence-corrected chi connectivity index (χ0v) is 4.90. The minimum absolute atomic E-state index is 0.196. The van der Waals surface area contributed by atoms with E-state index in [4.69, 9.17) is 0 Å². The lowest BCUT2D eigenvalue weighted by Gasteiger charge is -1.93. The van der Waals surface area contributed by atoms with Crippen molar-refractivity contribution in [3.8, 4) is 0 Å². The van der Waals surface area contributed by atoms with E-state index in [0.717, 1.165) is 12.1 Å². The van der Waals surface area contributed by atoms with Gasteiger partial charge in [0.2, 0.25) is 0 Å². The monoisotopic (exact) mass is 111 g/mol. The largest absolute Gasteiger partial charge is 0.381 e. The summed E-state index contributed by atoms with van der Waals surface area (Å²) in [5, 5.41) is 2.97. The summed E-state index contributed by atoms with van der Waals surface area (Å²) >= 11 is 0. The van der Waals surface area contributed by atoms with Gasteiger partial charge in [0.1, 0.15) is 0 Å². The van der Waals surface area contributed by atoms with Crippen molar-refractivity contribution in [2.45, 2.75) is 13.3 Å². The molecule has 1 rings (SSSR count). The van der Waals surface area contributed by atoms with Crippen LogP contribution >= 0.6 is 0 Å². The number of rotatable bonds is 1. The van der Waals surface area contributed by atoms with Gasteiger partial charge >= 0.3 is 0 Å². The quantitative estimate of drug-likeness (QED) is 0.532. The van der Waals surface area contributed by atoms with Crippen molar-refractivity contribution < 1.29 is 4.79 Å². The molecule has 1 N–H and O–H groups in total. The predicted molar refractivity (Wildman–Crippen MR) is 31.4 cm³/mol. The van der Waals surface area contributed by atoms with Crippen molar-refractivity contribution in [2.24, 2.45) is 0 Å². The molecule has 0 atom stereocenters. The van der Waals surface area contributed by atoms with Gasteiger partial charge in [-0.25, -0.2) is 0 Å². The van der Waals surface area contributed by atoms with E-state index in [9.17, 15) is 4.79 Å². The summed E-state index contributed by atoms with van der Waals surface area (Å²) in [7, 11) is 0. The fourth-order valence-corrected chi connectivity index (χ4v) is 0.724. The molecular weight excluding hydrogens is 102 g/mol. The zero-order valence-electron chi connectivity index (χ0n) is 4.90. The average Bonchev–Trinajstić information content (AvgIpc) is 2.14. The van der Waals surface area contributed by atoms with Gasteiger partial charge in [0.15, 0.2) is 5.78 Å². The summed E-state index contributed by atoms with van der Waals surface area (Å²) in [6.45, 7) is 2.53. The van der Waals surface area contributed by atoms with Crippen molar-refractivity contribution in [2.75, 3.05) is 6.54 Å². The standard InChI is InChI=1S/C6H9NO/c1-2-5-3-6(8)4-7-5/h3,7H,2,4H2,1H3. The maximum absolute atomic E-state index is 10.5. The molecule has 1 aliphatic heterocycles. The van der Waals surface area contributed by atoms with Gasteiger partial charge in [-0.2, -0.15) is 0 Å². The molecule has 0 amide bonds. The van der Waals surface area contributed by atoms with Crippen LogP contribution in [0.3, 0.4) is 0 Å². The second-order valence-electron chi connectivity index (χ2n) is 1.84. The van der Waals surface area contributed by atoms with Gasteiger partial charge in [0.25, 0.3) is 0 Å². The molecule has 0 aromatic heterocycles. The molecule has 2 nitrogen and oxygen atoms in total. The predicted octanol–water partition coefficient (Wildman–Crippen LogP) is 0.453. The molecule has 1 heterocycles. The zero-order chi connectivity index (χ0) is 5.98. The number of ketones is 1. The summed E-state index contributed by atoms with van der Waals surface area (Å²) < 4.78 is 0. The lowest BCUT2D eigenvalue weighted by molar-refractivity contribution is -0.113. The Morgan fingerprint density at radius 3 is 2.88 bits per heavy atom. The van der Waals surface area contributed by atoms with Gasteiger partial charge in [-0.15, -0.1) is 0 Å². The highest BCUT2D eigenvalue weighted by atomic mass is 16.1. The lowest BCUT2D eigenvalue weighted by Crippen LogP contribution is -2.10. The van der Waals surface area contributed by atoms with E-state index in [-0.39, 0.29) is 5.78 Å². The fourth-order valence-electron chi connectivity index (χ4n) is 0.724. The molecule has 0 fully saturated rings. The number of hydrogen-bond acceptors (Lipinski definition) is 2. The van der Waals surface area contributed by atoms with Crippen LogP contribution in [0.25, 0.3) is 0 Å². The highest BCUT2D eigenvalue weighted by Crippen LogP contribution is 2.00. The second-order valence-corrected chi connectivity index (χ2v) is 1.84. The Labute approximate surface area is 48.6 Å². The lowest BCUT2D eigenvalue weighted by atomic mass is 10.3. The van der Waals surface area contributed by atoms with Gasteiger partial charge in [-0.3, -0.25) is 4.79 Å². The van der Waals surface area contributed by atoms with E-state index < -0.39 is 0 Å². The summed E-state index contributed by atoms with van der Waals surface area (Å²) in [6.07, 6.45) is 2.60. The molecule has 8 heavy (non-hydrogen) atoms. The molecule has 0 radical (unpaired) electrons. The number of nitrogens with one attached hydrogen (secondary N) is 1. The minimum atomic E-state index is 0.196. The van der Waals surface area contributed by atoms with Crippen LogP contribution in [-0.4, -0.2) is 12.3 Å². The van der Waals surface area contributed by atoms with Crippen LogP contribution in [0.5, 0.6) is 0 Å². The fraction of sp³-hybridized carbons (Fsp3) is 0.500. The SMILES string of the molecule is CCC1=CC(=O)CN1. The smallest absolute Gasteiger partial charge is 0.176 e. The number of carbonyl (C=O) groups excluding carboxylic acids is 1. The van der Waals surface area contributed by atoms with Crippen LogP contribution < -0.4 is 5.32 Å². The molecule has 0 bridgehead atoms. The van der Waals surface area contributed by atoms with Crippen molar-refractivity contribution in [3.63, 3.8) is 0 Å². The molecule has 0 aromatic rings. The van der Waals surface area contributed by atoms with Crippen LogP contribution in [0.2, 0.25) is 0 Å². The van der Waals surface area contributed by atoms with Crippen molar-refractivity contribution in [1.29, 1.82) is 0 Å². The third kappa shape index (κ3) is 0.886. The van der Waals surface area contributed by atoms with E-state index in [0.29, 0.717) is 6.54 Å². The maximum Gasteiger partial charge on any atom is 0.176 e. The normalized spacial score (nSPS) is 18.1. The summed E-state index contributed by atoms with van der Waals surface area (Å²) in [5.41, 5.74) is 1.06. The van der Waals surface area contributed by atoms with Crippen LogP contribution in [0.15, 0.2) is 11.8 Å². The van der Waals surface area contributed by atoms with Crippen LogP contribution in [0.4, 0.5) is 0 Å². The number of hydrogen-bond donors (Lipinski definition) is 1. The Bertz CT molecular complexity index is 137. The maximum atomic E-state index is 10.5. The van der Waals surface area contributed by atoms with Crippen LogP contribution in [0.1, 0.15) is 13.3 Å². The van der Waals surface area contributed by atoms with Crippen molar-refractivity contribution >= 4 is 5.78 Å². The van der Waals surface area contributed by atoms with E-state index in [1.807, 2.05) is 6.92 Å². The summed E-state index contributed by atoms with van der Waals surface area (Å²) in [5.74, 6) is 0.196. The summed E-state index contributed by atoms with van der Waals surface area (Å²) in [4.78, 5) is 10.5. The van der Waals surface area contributed by atoms with Crippen LogP contribution in [-0.2, 0) is 4.79 Å². The second kappa shape index (κ2) is 1.99. The van der Waals surface area contributed by atoms with Crippen molar-refractivity contribution in [3.05, 3.63) is 11.8 Å². The van der Waals surface area contributed by atoms with E-state index in [1.165, 1.54) is 0 Å². The Balaban J connectivity index is 2.57. The Hall–Kier alpha value is -0.790. The van der Waals surface area contributed by atoms with Gasteiger partial charge in [0, 0.05) is 11.8 Å². The highest BCUT2D eigenvalue weighted by molar-refractivity contribution is 5.94. The minimum Gasteiger partial charge on any atom is -0.381 e. The Morgan fingerprint density at radius 1 is 1.88 bits per heavy atom. The summed E-state index contributed by atoms with van der Waals surface area (Å²) in [6, 6.07) is 0. The molecule has 0 aliphatic carbocycles. The van der Waals surface area contributed by atoms with Gasteiger partial charge in [0.05, 0.1) is 6.54 Å². The van der Waals surface area contributed by atoms with E-state index >= 15 is 0 Å². The first kappa shape index (κ1) is 5.35. The first-order valence-electron chi connectivity index (χ1n) is 2.80. The molecule has 2 heteroatoms. The first-order chi connectivity index (χ1) is 3.83. The van der Waals surface area contributed by atoms with Gasteiger partial charge < -0.3 is 5.32 Å². The van der Waals surface area contributed by atoms with Crippen LogP contribution in [0, 0.1) is 0 Å². The molecule has 1 aliphatic rings. The first-order valence-corrected chi connectivity index (χ1v) is 2.80.